The second kappa shape index (κ2) is 7.36. The summed E-state index contributed by atoms with van der Waals surface area (Å²) in [6.07, 6.45) is 2.90. The molecule has 0 amide bonds. The van der Waals surface area contributed by atoms with Gasteiger partial charge in [0.15, 0.2) is 5.96 Å². The van der Waals surface area contributed by atoms with Gasteiger partial charge in [-0.2, -0.15) is 5.10 Å². The van der Waals surface area contributed by atoms with Crippen LogP contribution in [0.1, 0.15) is 58.0 Å². The Kier molecular flexibility index (Phi) is 5.82. The van der Waals surface area contributed by atoms with Crippen LogP contribution in [0.25, 0.3) is 0 Å². The van der Waals surface area contributed by atoms with Gasteiger partial charge in [-0.25, -0.2) is 0 Å². The minimum absolute atomic E-state index is 0.0524. The highest BCUT2D eigenvalue weighted by Gasteiger charge is 2.58. The Morgan fingerprint density at radius 2 is 2.00 bits per heavy atom. The molecule has 0 spiro atoms. The molecule has 1 aromatic rings. The maximum absolute atomic E-state index is 5.72. The first-order valence-corrected chi connectivity index (χ1v) is 9.30. The summed E-state index contributed by atoms with van der Waals surface area (Å²) in [6, 6.07) is 0.342. The Morgan fingerprint density at radius 1 is 1.32 bits per heavy atom. The standard InChI is InChI=1S/C19H35N5O/c1-9-14-13(15(10-2)24(7)23-14)12-21-17(20-6)22-16-11-19(5,25-8)18(16,3)4/h16H,9-12H2,1-8H3,(H2,20,21,22). The Labute approximate surface area is 152 Å². The van der Waals surface area contributed by atoms with Crippen LogP contribution in [0.4, 0.5) is 0 Å². The van der Waals surface area contributed by atoms with Crippen molar-refractivity contribution in [3.8, 4) is 0 Å². The lowest BCUT2D eigenvalue weighted by Gasteiger charge is -2.59. The molecule has 0 aliphatic heterocycles. The van der Waals surface area contributed by atoms with E-state index in [2.05, 4.69) is 55.3 Å². The van der Waals surface area contributed by atoms with Crippen molar-refractivity contribution >= 4 is 5.96 Å². The Hall–Kier alpha value is -1.56. The summed E-state index contributed by atoms with van der Waals surface area (Å²) in [6.45, 7) is 11.7. The van der Waals surface area contributed by atoms with E-state index < -0.39 is 0 Å². The lowest BCUT2D eigenvalue weighted by molar-refractivity contribution is -0.176. The summed E-state index contributed by atoms with van der Waals surface area (Å²) in [5, 5.41) is 11.7. The van der Waals surface area contributed by atoms with Crippen molar-refractivity contribution in [1.29, 1.82) is 0 Å². The number of rotatable bonds is 6. The minimum Gasteiger partial charge on any atom is -0.378 e. The van der Waals surface area contributed by atoms with Crippen LogP contribution >= 0.6 is 0 Å². The molecule has 25 heavy (non-hydrogen) atoms. The molecule has 6 nitrogen and oxygen atoms in total. The molecule has 1 saturated carbocycles. The van der Waals surface area contributed by atoms with E-state index in [0.29, 0.717) is 6.04 Å². The molecular weight excluding hydrogens is 314 g/mol. The number of aliphatic imine (C=N–C) groups is 1. The van der Waals surface area contributed by atoms with Crippen molar-refractivity contribution in [2.45, 2.75) is 72.1 Å². The van der Waals surface area contributed by atoms with Crippen molar-refractivity contribution in [3.63, 3.8) is 0 Å². The summed E-state index contributed by atoms with van der Waals surface area (Å²) < 4.78 is 7.72. The molecule has 2 unspecified atom stereocenters. The molecule has 1 fully saturated rings. The normalized spacial score (nSPS) is 25.6. The molecule has 2 N–H and O–H groups in total. The molecule has 0 aromatic carbocycles. The van der Waals surface area contributed by atoms with Crippen LogP contribution in [0.15, 0.2) is 4.99 Å². The van der Waals surface area contributed by atoms with E-state index in [1.165, 1.54) is 17.0 Å². The number of hydrogen-bond donors (Lipinski definition) is 2. The van der Waals surface area contributed by atoms with Gasteiger partial charge in [0.1, 0.15) is 0 Å². The minimum atomic E-state index is -0.0857. The smallest absolute Gasteiger partial charge is 0.191 e. The van der Waals surface area contributed by atoms with Crippen LogP contribution in [0, 0.1) is 5.41 Å². The average molecular weight is 350 g/mol. The summed E-state index contributed by atoms with van der Waals surface area (Å²) in [4.78, 5) is 4.41. The van der Waals surface area contributed by atoms with Crippen LogP contribution in [0.2, 0.25) is 0 Å². The number of guanidine groups is 1. The van der Waals surface area contributed by atoms with Crippen LogP contribution in [-0.2, 0) is 31.2 Å². The number of aromatic nitrogens is 2. The zero-order valence-electron chi connectivity index (χ0n) is 17.2. The number of ether oxygens (including phenoxy) is 1. The zero-order valence-corrected chi connectivity index (χ0v) is 17.2. The van der Waals surface area contributed by atoms with Crippen molar-refractivity contribution in [2.75, 3.05) is 14.2 Å². The highest BCUT2D eigenvalue weighted by atomic mass is 16.5. The highest BCUT2D eigenvalue weighted by molar-refractivity contribution is 5.80. The van der Waals surface area contributed by atoms with Crippen molar-refractivity contribution in [1.82, 2.24) is 20.4 Å². The number of methoxy groups -OCH3 is 1. The van der Waals surface area contributed by atoms with Gasteiger partial charge in [0.05, 0.1) is 11.3 Å². The summed E-state index contributed by atoms with van der Waals surface area (Å²) in [7, 11) is 5.64. The fourth-order valence-electron chi connectivity index (χ4n) is 3.85. The van der Waals surface area contributed by atoms with Gasteiger partial charge >= 0.3 is 0 Å². The Balaban J connectivity index is 2.03. The summed E-state index contributed by atoms with van der Waals surface area (Å²) >= 11 is 0. The van der Waals surface area contributed by atoms with Crippen molar-refractivity contribution in [3.05, 3.63) is 17.0 Å². The predicted molar refractivity (Wildman–Crippen MR) is 103 cm³/mol. The number of nitrogens with zero attached hydrogens (tertiary/aromatic N) is 3. The Bertz CT molecular complexity index is 634. The van der Waals surface area contributed by atoms with E-state index in [-0.39, 0.29) is 11.0 Å². The van der Waals surface area contributed by atoms with Crippen LogP contribution in [0.5, 0.6) is 0 Å². The molecule has 2 atom stereocenters. The van der Waals surface area contributed by atoms with Gasteiger partial charge in [-0.1, -0.05) is 27.7 Å². The molecular formula is C19H35N5O. The number of hydrogen-bond acceptors (Lipinski definition) is 3. The lowest BCUT2D eigenvalue weighted by atomic mass is 9.56. The molecule has 142 valence electrons. The number of aryl methyl sites for hydroxylation is 2. The quantitative estimate of drug-likeness (QED) is 0.611. The fraction of sp³-hybridized carbons (Fsp3) is 0.789. The van der Waals surface area contributed by atoms with Crippen molar-refractivity contribution < 1.29 is 4.74 Å². The molecule has 1 aliphatic rings. The van der Waals surface area contributed by atoms with Gasteiger partial charge in [-0.3, -0.25) is 9.67 Å². The molecule has 1 aliphatic carbocycles. The van der Waals surface area contributed by atoms with E-state index >= 15 is 0 Å². The van der Waals surface area contributed by atoms with Crippen molar-refractivity contribution in [2.24, 2.45) is 17.5 Å². The second-order valence-electron chi connectivity index (χ2n) is 7.69. The SMILES string of the molecule is CCc1nn(C)c(CC)c1CNC(=NC)NC1CC(C)(OC)C1(C)C. The fourth-order valence-corrected chi connectivity index (χ4v) is 3.85. The lowest BCUT2D eigenvalue weighted by Crippen LogP contribution is -2.69. The van der Waals surface area contributed by atoms with Gasteiger partial charge in [-0.15, -0.1) is 0 Å². The van der Waals surface area contributed by atoms with Gasteiger partial charge < -0.3 is 15.4 Å². The van der Waals surface area contributed by atoms with E-state index in [4.69, 9.17) is 4.74 Å². The summed E-state index contributed by atoms with van der Waals surface area (Å²) in [5.41, 5.74) is 3.72. The molecule has 0 bridgehead atoms. The first-order chi connectivity index (χ1) is 11.7. The van der Waals surface area contributed by atoms with E-state index in [1.54, 1.807) is 7.11 Å². The first-order valence-electron chi connectivity index (χ1n) is 9.30. The van der Waals surface area contributed by atoms with Gasteiger partial charge in [0.25, 0.3) is 0 Å². The maximum Gasteiger partial charge on any atom is 0.191 e. The van der Waals surface area contributed by atoms with Gasteiger partial charge in [-0.05, 0) is 26.2 Å². The van der Waals surface area contributed by atoms with Crippen LogP contribution < -0.4 is 10.6 Å². The van der Waals surface area contributed by atoms with Crippen LogP contribution in [0.3, 0.4) is 0 Å². The third kappa shape index (κ3) is 3.41. The zero-order chi connectivity index (χ0) is 18.8. The highest BCUT2D eigenvalue weighted by Crippen LogP contribution is 2.51. The van der Waals surface area contributed by atoms with E-state index in [0.717, 1.165) is 31.8 Å². The van der Waals surface area contributed by atoms with Gasteiger partial charge in [0.2, 0.25) is 0 Å². The molecule has 2 rings (SSSR count). The van der Waals surface area contributed by atoms with E-state index in [9.17, 15) is 0 Å². The molecule has 6 heteroatoms. The number of nitrogens with one attached hydrogen (secondary N) is 2. The molecule has 1 heterocycles. The third-order valence-corrected chi connectivity index (χ3v) is 6.27. The molecule has 0 saturated heterocycles. The summed E-state index contributed by atoms with van der Waals surface area (Å²) in [5.74, 6) is 0.837. The molecule has 0 radical (unpaired) electrons. The predicted octanol–water partition coefficient (Wildman–Crippen LogP) is 2.41. The van der Waals surface area contributed by atoms with Crippen LogP contribution in [-0.4, -0.2) is 41.5 Å². The first kappa shape index (κ1) is 19.8. The largest absolute Gasteiger partial charge is 0.378 e. The maximum atomic E-state index is 5.72. The third-order valence-electron chi connectivity index (χ3n) is 6.27. The molecule has 1 aromatic heterocycles. The monoisotopic (exact) mass is 349 g/mol. The topological polar surface area (TPSA) is 63.5 Å². The Morgan fingerprint density at radius 3 is 2.48 bits per heavy atom. The van der Waals surface area contributed by atoms with Gasteiger partial charge in [0, 0.05) is 50.5 Å². The van der Waals surface area contributed by atoms with E-state index in [1.807, 2.05) is 18.8 Å². The average Bonchev–Trinajstić information content (AvgIpc) is 2.91. The second-order valence-corrected chi connectivity index (χ2v) is 7.69.